The molecule has 1 aliphatic heterocycles. The lowest BCUT2D eigenvalue weighted by Crippen LogP contribution is -2.51. The predicted octanol–water partition coefficient (Wildman–Crippen LogP) is 3.11. The van der Waals surface area contributed by atoms with Crippen molar-refractivity contribution in [2.75, 3.05) is 31.5 Å². The second kappa shape index (κ2) is 8.41. The zero-order valence-corrected chi connectivity index (χ0v) is 18.9. The molecule has 0 amide bonds. The SMILES string of the molecule is Cc1ccc(S(=O)(=O)N2CCN(C(=S)Nc3ccc4c(C)cc(=O)oc4c3)CC2)cc1. The Balaban J connectivity index is 1.42. The summed E-state index contributed by atoms with van der Waals surface area (Å²) >= 11 is 5.52. The molecule has 0 atom stereocenters. The second-order valence-electron chi connectivity index (χ2n) is 7.59. The van der Waals surface area contributed by atoms with Crippen LogP contribution in [0.2, 0.25) is 0 Å². The van der Waals surface area contributed by atoms with E-state index in [1.54, 1.807) is 30.3 Å². The fourth-order valence-electron chi connectivity index (χ4n) is 3.60. The standard InChI is InChI=1S/C22H23N3O4S2/c1-15-3-6-18(7-4-15)31(27,28)25-11-9-24(10-12-25)22(30)23-17-5-8-19-16(2)13-21(26)29-20(19)14-17/h3-8,13-14H,9-12H2,1-2H3,(H,23,30). The topological polar surface area (TPSA) is 82.9 Å². The molecule has 7 nitrogen and oxygen atoms in total. The Hall–Kier alpha value is -2.75. The Labute approximate surface area is 186 Å². The molecule has 0 radical (unpaired) electrons. The molecular formula is C22H23N3O4S2. The molecule has 1 N–H and O–H groups in total. The van der Waals surface area contributed by atoms with Gasteiger partial charge in [-0.15, -0.1) is 0 Å². The number of thiocarbonyl (C=S) groups is 1. The molecule has 1 fully saturated rings. The number of benzene rings is 2. The second-order valence-corrected chi connectivity index (χ2v) is 9.92. The molecule has 0 spiro atoms. The third-order valence-corrected chi connectivity index (χ3v) is 7.66. The number of hydrogen-bond acceptors (Lipinski definition) is 5. The molecule has 162 valence electrons. The van der Waals surface area contributed by atoms with Crippen LogP contribution in [0.25, 0.3) is 11.0 Å². The number of anilines is 1. The average molecular weight is 458 g/mol. The molecule has 4 rings (SSSR count). The van der Waals surface area contributed by atoms with Crippen LogP contribution in [0.1, 0.15) is 11.1 Å². The van der Waals surface area contributed by atoms with Crippen LogP contribution in [-0.4, -0.2) is 48.9 Å². The van der Waals surface area contributed by atoms with Crippen LogP contribution >= 0.6 is 12.2 Å². The number of fused-ring (bicyclic) bond motifs is 1. The minimum Gasteiger partial charge on any atom is -0.423 e. The van der Waals surface area contributed by atoms with Crippen molar-refractivity contribution in [1.29, 1.82) is 0 Å². The molecule has 0 aliphatic carbocycles. The fourth-order valence-corrected chi connectivity index (χ4v) is 5.32. The number of rotatable bonds is 3. The lowest BCUT2D eigenvalue weighted by atomic mass is 10.1. The first kappa shape index (κ1) is 21.5. The van der Waals surface area contributed by atoms with E-state index in [0.29, 0.717) is 47.5 Å². The van der Waals surface area contributed by atoms with Gasteiger partial charge >= 0.3 is 5.63 Å². The van der Waals surface area contributed by atoms with Crippen LogP contribution in [0.15, 0.2) is 62.6 Å². The van der Waals surface area contributed by atoms with Crippen molar-refractivity contribution < 1.29 is 12.8 Å². The minimum absolute atomic E-state index is 0.306. The van der Waals surface area contributed by atoms with E-state index in [4.69, 9.17) is 16.6 Å². The zero-order valence-electron chi connectivity index (χ0n) is 17.3. The first-order valence-corrected chi connectivity index (χ1v) is 11.8. The van der Waals surface area contributed by atoms with Crippen molar-refractivity contribution in [2.24, 2.45) is 0 Å². The molecule has 2 heterocycles. The summed E-state index contributed by atoms with van der Waals surface area (Å²) in [5.74, 6) is 0. The van der Waals surface area contributed by atoms with E-state index in [-0.39, 0.29) is 0 Å². The smallest absolute Gasteiger partial charge is 0.336 e. The molecule has 3 aromatic rings. The quantitative estimate of drug-likeness (QED) is 0.478. The van der Waals surface area contributed by atoms with Gasteiger partial charge in [-0.05, 0) is 55.9 Å². The number of piperazine rings is 1. The Morgan fingerprint density at radius 1 is 1.00 bits per heavy atom. The van der Waals surface area contributed by atoms with Gasteiger partial charge in [-0.3, -0.25) is 0 Å². The summed E-state index contributed by atoms with van der Waals surface area (Å²) in [4.78, 5) is 13.9. The van der Waals surface area contributed by atoms with Gasteiger partial charge in [0.2, 0.25) is 10.0 Å². The van der Waals surface area contributed by atoms with Crippen LogP contribution < -0.4 is 10.9 Å². The Kier molecular flexibility index (Phi) is 5.83. The van der Waals surface area contributed by atoms with Crippen molar-refractivity contribution in [3.8, 4) is 0 Å². The van der Waals surface area contributed by atoms with Gasteiger partial charge in [0.15, 0.2) is 5.11 Å². The summed E-state index contributed by atoms with van der Waals surface area (Å²) in [5.41, 5.74) is 2.68. The highest BCUT2D eigenvalue weighted by molar-refractivity contribution is 7.89. The van der Waals surface area contributed by atoms with Gasteiger partial charge in [0.25, 0.3) is 0 Å². The molecule has 0 saturated carbocycles. The van der Waals surface area contributed by atoms with Crippen LogP contribution in [0, 0.1) is 13.8 Å². The molecule has 31 heavy (non-hydrogen) atoms. The summed E-state index contributed by atoms with van der Waals surface area (Å²) in [6, 6.07) is 13.8. The lowest BCUT2D eigenvalue weighted by Gasteiger charge is -2.35. The maximum absolute atomic E-state index is 12.9. The van der Waals surface area contributed by atoms with Gasteiger partial charge in [-0.25, -0.2) is 13.2 Å². The van der Waals surface area contributed by atoms with Crippen LogP contribution in [0.3, 0.4) is 0 Å². The number of hydrogen-bond donors (Lipinski definition) is 1. The van der Waals surface area contributed by atoms with Crippen molar-refractivity contribution in [3.05, 3.63) is 70.1 Å². The highest BCUT2D eigenvalue weighted by atomic mass is 32.2. The Morgan fingerprint density at radius 3 is 2.35 bits per heavy atom. The molecule has 1 aromatic heterocycles. The predicted molar refractivity (Wildman–Crippen MR) is 125 cm³/mol. The molecule has 1 saturated heterocycles. The molecule has 9 heteroatoms. The number of sulfonamides is 1. The Morgan fingerprint density at radius 2 is 1.68 bits per heavy atom. The molecule has 2 aromatic carbocycles. The van der Waals surface area contributed by atoms with E-state index in [9.17, 15) is 13.2 Å². The summed E-state index contributed by atoms with van der Waals surface area (Å²) in [6.45, 7) is 5.46. The van der Waals surface area contributed by atoms with Gasteiger partial charge in [-0.1, -0.05) is 17.7 Å². The summed E-state index contributed by atoms with van der Waals surface area (Å²) < 4.78 is 32.5. The van der Waals surface area contributed by atoms with E-state index in [2.05, 4.69) is 5.32 Å². The largest absolute Gasteiger partial charge is 0.423 e. The average Bonchev–Trinajstić information content (AvgIpc) is 2.73. The summed E-state index contributed by atoms with van der Waals surface area (Å²) in [7, 11) is -3.52. The molecule has 1 aliphatic rings. The highest BCUT2D eigenvalue weighted by Crippen LogP contribution is 2.22. The van der Waals surface area contributed by atoms with Gasteiger partial charge < -0.3 is 14.6 Å². The van der Waals surface area contributed by atoms with E-state index >= 15 is 0 Å². The third-order valence-electron chi connectivity index (χ3n) is 5.39. The molecule has 0 bridgehead atoms. The Bertz CT molecular complexity index is 1290. The van der Waals surface area contributed by atoms with Gasteiger partial charge in [-0.2, -0.15) is 4.31 Å². The van der Waals surface area contributed by atoms with Crippen LogP contribution in [-0.2, 0) is 10.0 Å². The maximum Gasteiger partial charge on any atom is 0.336 e. The first-order chi connectivity index (χ1) is 14.7. The van der Waals surface area contributed by atoms with Crippen molar-refractivity contribution in [1.82, 2.24) is 9.21 Å². The zero-order chi connectivity index (χ0) is 22.2. The fraction of sp³-hybridized carbons (Fsp3) is 0.273. The van der Waals surface area contributed by atoms with Crippen molar-refractivity contribution in [2.45, 2.75) is 18.7 Å². The maximum atomic E-state index is 12.9. The van der Waals surface area contributed by atoms with Crippen molar-refractivity contribution in [3.63, 3.8) is 0 Å². The molecular weight excluding hydrogens is 434 g/mol. The van der Waals surface area contributed by atoms with E-state index < -0.39 is 15.6 Å². The van der Waals surface area contributed by atoms with Crippen LogP contribution in [0.4, 0.5) is 5.69 Å². The van der Waals surface area contributed by atoms with Crippen molar-refractivity contribution >= 4 is 44.0 Å². The minimum atomic E-state index is -3.52. The van der Waals surface area contributed by atoms with E-state index in [1.165, 1.54) is 10.4 Å². The number of nitrogens with zero attached hydrogens (tertiary/aromatic N) is 2. The number of aryl methyl sites for hydroxylation is 2. The van der Waals surface area contributed by atoms with Crippen LogP contribution in [0.5, 0.6) is 0 Å². The van der Waals surface area contributed by atoms with Gasteiger partial charge in [0, 0.05) is 49.4 Å². The van der Waals surface area contributed by atoms with Gasteiger partial charge in [0.05, 0.1) is 4.90 Å². The number of nitrogens with one attached hydrogen (secondary N) is 1. The monoisotopic (exact) mass is 457 g/mol. The van der Waals surface area contributed by atoms with Gasteiger partial charge in [0.1, 0.15) is 5.58 Å². The van der Waals surface area contributed by atoms with E-state index in [0.717, 1.165) is 16.5 Å². The highest BCUT2D eigenvalue weighted by Gasteiger charge is 2.29. The van der Waals surface area contributed by atoms with E-state index in [1.807, 2.05) is 30.9 Å². The first-order valence-electron chi connectivity index (χ1n) is 9.91. The summed E-state index contributed by atoms with van der Waals surface area (Å²) in [6.07, 6.45) is 0. The summed E-state index contributed by atoms with van der Waals surface area (Å²) in [5, 5.41) is 4.53. The lowest BCUT2D eigenvalue weighted by molar-refractivity contribution is 0.268. The molecule has 0 unspecified atom stereocenters. The third kappa shape index (κ3) is 4.48. The normalized spacial score (nSPS) is 15.2.